The molecule has 0 fully saturated rings. The highest BCUT2D eigenvalue weighted by Gasteiger charge is 2.44. The molecule has 0 spiro atoms. The Morgan fingerprint density at radius 2 is 1.24 bits per heavy atom. The average molecular weight is 765 g/mol. The number of imidazole rings is 1. The summed E-state index contributed by atoms with van der Waals surface area (Å²) in [6, 6.07) is 66.1. The summed E-state index contributed by atoms with van der Waals surface area (Å²) in [6.07, 6.45) is 1.91. The van der Waals surface area contributed by atoms with Gasteiger partial charge in [-0.2, -0.15) is 0 Å². The second-order valence-electron chi connectivity index (χ2n) is 15.9. The van der Waals surface area contributed by atoms with Gasteiger partial charge in [0.2, 0.25) is 0 Å². The first kappa shape index (κ1) is 34.2. The van der Waals surface area contributed by atoms with Crippen LogP contribution < -0.4 is 25.6 Å². The smallest absolute Gasteiger partial charge is 0.179 e. The highest BCUT2D eigenvalue weighted by atomic mass is 28.3. The first-order valence-electron chi connectivity index (χ1n) is 19.9. The van der Waals surface area contributed by atoms with Crippen molar-refractivity contribution in [2.24, 2.45) is 7.05 Å². The largest absolute Gasteiger partial charge is 0.454 e. The maximum absolute atomic E-state index is 6.83. The van der Waals surface area contributed by atoms with Crippen LogP contribution in [0.15, 0.2) is 193 Å². The van der Waals surface area contributed by atoms with Crippen LogP contribution in [0.3, 0.4) is 0 Å². The highest BCUT2D eigenvalue weighted by molar-refractivity contribution is 7.20. The Morgan fingerprint density at radius 3 is 2.02 bits per heavy atom. The molecule has 0 bridgehead atoms. The Labute approximate surface area is 338 Å². The molecule has 0 atom stereocenters. The Balaban J connectivity index is 1.20. The van der Waals surface area contributed by atoms with Crippen LogP contribution in [-0.4, -0.2) is 22.6 Å². The van der Waals surface area contributed by atoms with E-state index in [2.05, 4.69) is 206 Å². The van der Waals surface area contributed by atoms with Crippen LogP contribution in [0.5, 0.6) is 0 Å². The lowest BCUT2D eigenvalue weighted by molar-refractivity contribution is 0.620. The molecule has 0 unspecified atom stereocenters. The number of nitrogens with zero attached hydrogens (tertiary/aromatic N) is 4. The number of pyridine rings is 1. The number of anilines is 3. The van der Waals surface area contributed by atoms with Gasteiger partial charge in [-0.05, 0) is 62.7 Å². The zero-order chi connectivity index (χ0) is 39.0. The van der Waals surface area contributed by atoms with Crippen LogP contribution in [0, 0.1) is 0 Å². The lowest BCUT2D eigenvalue weighted by Gasteiger charge is -2.41. The Kier molecular flexibility index (Phi) is 7.68. The van der Waals surface area contributed by atoms with E-state index in [1.54, 1.807) is 0 Å². The van der Waals surface area contributed by atoms with Crippen molar-refractivity contribution in [1.82, 2.24) is 14.5 Å². The van der Waals surface area contributed by atoms with Crippen LogP contribution >= 0.6 is 0 Å². The van der Waals surface area contributed by atoms with Crippen LogP contribution in [-0.2, 0) is 12.5 Å². The fraction of sp³-hybridized carbons (Fsp3) is 0.0769. The normalized spacial score (nSPS) is 13.5. The van der Waals surface area contributed by atoms with Gasteiger partial charge in [0.25, 0.3) is 0 Å². The number of furan rings is 1. The number of hydrogen-bond acceptors (Lipinski definition) is 4. The standard InChI is InChI=1S/C52H40N4OSi/c1-52(2)43-31-30-42-41-25-10-13-29-47(41)57-49(42)48(43)56(51-44(52)26-16-32-53-51)36-18-15-24-40(34-36)58(37-19-6-4-7-20-37,38-21-8-5-9-22-38)39-23-14-17-35(33-39)50-54-45-27-11-12-28-46(45)55(50)3/h4-34H,1-3H3. The maximum atomic E-state index is 6.83. The molecule has 6 heteroatoms. The molecule has 0 saturated heterocycles. The van der Waals surface area contributed by atoms with Crippen LogP contribution in [0.1, 0.15) is 25.0 Å². The van der Waals surface area contributed by atoms with Crippen molar-refractivity contribution in [3.8, 4) is 11.4 Å². The summed E-state index contributed by atoms with van der Waals surface area (Å²) < 4.78 is 9.04. The number of rotatable bonds is 6. The fourth-order valence-corrected chi connectivity index (χ4v) is 14.4. The van der Waals surface area contributed by atoms with Gasteiger partial charge in [-0.3, -0.25) is 4.90 Å². The van der Waals surface area contributed by atoms with E-state index in [-0.39, 0.29) is 5.41 Å². The van der Waals surface area contributed by atoms with Crippen LogP contribution in [0.25, 0.3) is 44.4 Å². The molecular weight excluding hydrogens is 725 g/mol. The van der Waals surface area contributed by atoms with Gasteiger partial charge in [0.15, 0.2) is 13.7 Å². The van der Waals surface area contributed by atoms with Gasteiger partial charge in [-0.25, -0.2) is 9.97 Å². The molecule has 10 aromatic rings. The number of hydrogen-bond donors (Lipinski definition) is 0. The molecule has 5 nitrogen and oxygen atoms in total. The molecule has 278 valence electrons. The number of benzene rings is 7. The molecule has 58 heavy (non-hydrogen) atoms. The Hall–Kier alpha value is -7.02. The molecule has 0 aliphatic carbocycles. The van der Waals surface area contributed by atoms with Gasteiger partial charge in [-0.1, -0.05) is 159 Å². The minimum absolute atomic E-state index is 0.316. The molecule has 4 heterocycles. The third kappa shape index (κ3) is 4.95. The third-order valence-corrected chi connectivity index (χ3v) is 17.1. The topological polar surface area (TPSA) is 47.1 Å². The van der Waals surface area contributed by atoms with Crippen molar-refractivity contribution in [3.63, 3.8) is 0 Å². The molecule has 1 aliphatic heterocycles. The summed E-state index contributed by atoms with van der Waals surface area (Å²) in [5, 5.41) is 7.37. The fourth-order valence-electron chi connectivity index (χ4n) is 9.62. The van der Waals surface area contributed by atoms with Gasteiger partial charge in [-0.15, -0.1) is 0 Å². The van der Waals surface area contributed by atoms with Crippen molar-refractivity contribution in [2.45, 2.75) is 19.3 Å². The molecule has 0 saturated carbocycles. The summed E-state index contributed by atoms with van der Waals surface area (Å²) in [7, 11) is -0.901. The zero-order valence-electron chi connectivity index (χ0n) is 32.6. The summed E-state index contributed by atoms with van der Waals surface area (Å²) in [5.74, 6) is 1.87. The van der Waals surface area contributed by atoms with Gasteiger partial charge in [0, 0.05) is 46.2 Å². The molecule has 7 aromatic carbocycles. The average Bonchev–Trinajstić information content (AvgIpc) is 3.83. The monoisotopic (exact) mass is 764 g/mol. The summed E-state index contributed by atoms with van der Waals surface area (Å²) in [5.41, 5.74) is 9.09. The van der Waals surface area contributed by atoms with Gasteiger partial charge < -0.3 is 8.98 Å². The third-order valence-electron chi connectivity index (χ3n) is 12.4. The van der Waals surface area contributed by atoms with Gasteiger partial charge >= 0.3 is 0 Å². The lowest BCUT2D eigenvalue weighted by atomic mass is 9.74. The predicted molar refractivity (Wildman–Crippen MR) is 242 cm³/mol. The molecule has 11 rings (SSSR count). The summed E-state index contributed by atoms with van der Waals surface area (Å²) >= 11 is 0. The Bertz CT molecular complexity index is 3140. The van der Waals surface area contributed by atoms with Gasteiger partial charge in [0.05, 0.1) is 16.7 Å². The van der Waals surface area contributed by atoms with Gasteiger partial charge in [0.1, 0.15) is 17.2 Å². The van der Waals surface area contributed by atoms with E-state index in [9.17, 15) is 0 Å². The van der Waals surface area contributed by atoms with E-state index in [0.29, 0.717) is 0 Å². The predicted octanol–water partition coefficient (Wildman–Crippen LogP) is 10.0. The Morgan fingerprint density at radius 1 is 0.569 bits per heavy atom. The zero-order valence-corrected chi connectivity index (χ0v) is 33.6. The van der Waals surface area contributed by atoms with Crippen LogP contribution in [0.2, 0.25) is 0 Å². The summed E-state index contributed by atoms with van der Waals surface area (Å²) in [6.45, 7) is 4.60. The lowest BCUT2D eigenvalue weighted by Crippen LogP contribution is -2.74. The first-order chi connectivity index (χ1) is 28.4. The molecule has 0 radical (unpaired) electrons. The van der Waals surface area contributed by atoms with Crippen molar-refractivity contribution in [1.29, 1.82) is 0 Å². The number of fused-ring (bicyclic) bond motifs is 7. The van der Waals surface area contributed by atoms with E-state index in [1.165, 1.54) is 31.9 Å². The molecule has 1 aliphatic rings. The second kappa shape index (κ2) is 13.0. The summed E-state index contributed by atoms with van der Waals surface area (Å²) in [4.78, 5) is 12.7. The van der Waals surface area contributed by atoms with Crippen LogP contribution in [0.4, 0.5) is 17.2 Å². The first-order valence-corrected chi connectivity index (χ1v) is 21.9. The molecule has 0 N–H and O–H groups in total. The minimum Gasteiger partial charge on any atom is -0.454 e. The van der Waals surface area contributed by atoms with E-state index < -0.39 is 8.07 Å². The maximum Gasteiger partial charge on any atom is 0.179 e. The number of para-hydroxylation sites is 3. The van der Waals surface area contributed by atoms with E-state index in [1.807, 2.05) is 12.3 Å². The van der Waals surface area contributed by atoms with E-state index in [0.717, 1.165) is 61.6 Å². The van der Waals surface area contributed by atoms with E-state index >= 15 is 0 Å². The van der Waals surface area contributed by atoms with Crippen molar-refractivity contribution in [2.75, 3.05) is 4.90 Å². The molecule has 3 aromatic heterocycles. The van der Waals surface area contributed by atoms with E-state index in [4.69, 9.17) is 14.4 Å². The number of aryl methyl sites for hydroxylation is 1. The number of aromatic nitrogens is 3. The second-order valence-corrected chi connectivity index (χ2v) is 19.7. The van der Waals surface area contributed by atoms with Crippen molar-refractivity contribution < 1.29 is 4.42 Å². The van der Waals surface area contributed by atoms with Crippen molar-refractivity contribution >= 4 is 79.0 Å². The highest BCUT2D eigenvalue weighted by Crippen LogP contribution is 2.54. The quantitative estimate of drug-likeness (QED) is 0.125. The molecule has 0 amide bonds. The van der Waals surface area contributed by atoms with Crippen molar-refractivity contribution in [3.05, 3.63) is 199 Å². The molecular formula is C52H40N4OSi. The minimum atomic E-state index is -3.01. The SMILES string of the molecule is Cn1c(-c2cccc([Si](c3ccccc3)(c3ccccc3)c3cccc(N4c5ncccc5C(C)(C)c5ccc6c(oc7ccccc76)c54)c3)c2)nc2ccccc21.